The zero-order valence-electron chi connectivity index (χ0n) is 50.3. The number of rotatable bonds is 26. The van der Waals surface area contributed by atoms with Gasteiger partial charge in [0.1, 0.15) is 13.2 Å². The van der Waals surface area contributed by atoms with Gasteiger partial charge in [-0.2, -0.15) is 26.3 Å². The maximum absolute atomic E-state index is 13.5. The topological polar surface area (TPSA) is 128 Å². The standard InChI is InChI=1S/C31H47ClF3NO2.C19H27F3N2O2.C17H26ClNO/c1-2-3-7-17-30(38,26-14-8-16-28(32)22-26)27-15-10-19-36(23-27)29(37)21-25(13-9-18-31(33,34)35)20-24-11-5-4-6-12-24;20-19(21,22)14-24(12-17(23)11-15-7-3-1-4-8-15)18(25)26-13-16-9-5-2-6-10-16;1-2-3-4-10-17(20,15-8-6-11-19-13-15)14-7-5-9-16(18)12-14/h8,14,16,22,24-25,27,38H,2-7,9-13,15,17-21,23H2,1H3;2,5-6,9-10,15,17H,1,3-4,7-8,11-14,23H2;5,7,9,12,15,19-20H,2-4,6,8,10-11,13H2,1H3/t25-,27-,30-;17-;15-,17-/m101/s1. The molecule has 0 radical (unpaired) electrons. The van der Waals surface area contributed by atoms with Crippen LogP contribution in [-0.4, -0.2) is 89.7 Å². The van der Waals surface area contributed by atoms with Gasteiger partial charge in [-0.05, 0) is 129 Å². The van der Waals surface area contributed by atoms with Crippen LogP contribution in [0, 0.1) is 29.6 Å². The van der Waals surface area contributed by atoms with E-state index >= 15 is 0 Å². The van der Waals surface area contributed by atoms with Crippen molar-refractivity contribution in [3.05, 3.63) is 106 Å². The number of piperidine rings is 2. The molecule has 3 aromatic carbocycles. The van der Waals surface area contributed by atoms with Crippen molar-refractivity contribution in [3.63, 3.8) is 0 Å². The first-order valence-electron chi connectivity index (χ1n) is 31.9. The molecule has 9 nitrogen and oxygen atoms in total. The van der Waals surface area contributed by atoms with Gasteiger partial charge in [0.25, 0.3) is 0 Å². The number of amides is 2. The molecule has 0 bridgehead atoms. The van der Waals surface area contributed by atoms with Crippen LogP contribution in [0.1, 0.15) is 210 Å². The number of halogens is 8. The lowest BCUT2D eigenvalue weighted by Crippen LogP contribution is -2.48. The van der Waals surface area contributed by atoms with Crippen LogP contribution >= 0.6 is 23.2 Å². The van der Waals surface area contributed by atoms with Crippen LogP contribution < -0.4 is 11.1 Å². The van der Waals surface area contributed by atoms with Crippen LogP contribution in [0.2, 0.25) is 10.0 Å². The van der Waals surface area contributed by atoms with Gasteiger partial charge < -0.3 is 30.9 Å². The lowest BCUT2D eigenvalue weighted by Gasteiger charge is -2.43. The van der Waals surface area contributed by atoms with E-state index in [2.05, 4.69) is 19.2 Å². The SMILES string of the molecule is CCCCC[C@@](O)(c1cccc(Cl)c1)[C@@H]1CCCN(C(=O)C[C@H](CCCC(F)(F)F)CC2CCCCC2)C1.CCCCC[C@@](O)(c1cccc(Cl)c1)[C@@H]1CCCNC1.N[C@@H](CC1CCCCC1)CN(CC(F)(F)F)C(=O)OCc1ccccc1. The summed E-state index contributed by atoms with van der Waals surface area (Å²) in [6.07, 6.45) is 15.1. The van der Waals surface area contributed by atoms with Crippen LogP contribution in [0.5, 0.6) is 0 Å². The molecule has 2 aliphatic heterocycles. The molecule has 2 heterocycles. The van der Waals surface area contributed by atoms with Gasteiger partial charge in [0, 0.05) is 66.9 Å². The van der Waals surface area contributed by atoms with Gasteiger partial charge in [0.2, 0.25) is 5.91 Å². The van der Waals surface area contributed by atoms with E-state index in [1.54, 1.807) is 30.3 Å². The summed E-state index contributed by atoms with van der Waals surface area (Å²) in [6.45, 7) is 5.86. The van der Waals surface area contributed by atoms with Crippen molar-refractivity contribution in [1.29, 1.82) is 0 Å². The second-order valence-electron chi connectivity index (χ2n) is 24.9. The van der Waals surface area contributed by atoms with E-state index in [1.165, 1.54) is 38.5 Å². The molecule has 2 saturated carbocycles. The average Bonchev–Trinajstić information content (AvgIpc) is 3.53. The number of hydrogen-bond donors (Lipinski definition) is 4. The predicted octanol–water partition coefficient (Wildman–Crippen LogP) is 17.6. The highest BCUT2D eigenvalue weighted by Gasteiger charge is 2.42. The minimum absolute atomic E-state index is 0.00954. The summed E-state index contributed by atoms with van der Waals surface area (Å²) in [7, 11) is 0. The Balaban J connectivity index is 0.000000244. The molecule has 0 spiro atoms. The van der Waals surface area contributed by atoms with Crippen molar-refractivity contribution in [1.82, 2.24) is 15.1 Å². The Bertz CT molecular complexity index is 2320. The quantitative estimate of drug-likeness (QED) is 0.0465. The molecule has 5 N–H and O–H groups in total. The summed E-state index contributed by atoms with van der Waals surface area (Å²) in [5.41, 5.74) is 6.76. The lowest BCUT2D eigenvalue weighted by molar-refractivity contribution is -0.143. The normalized spacial score (nSPS) is 20.4. The molecule has 3 aromatic rings. The Hall–Kier alpha value is -3.60. The molecular formula is C67H100Cl2F6N4O5. The molecule has 4 fully saturated rings. The van der Waals surface area contributed by atoms with Gasteiger partial charge in [-0.15, -0.1) is 0 Å². The van der Waals surface area contributed by atoms with Gasteiger partial charge in [0.15, 0.2) is 0 Å². The molecule has 2 amide bonds. The highest BCUT2D eigenvalue weighted by atomic mass is 35.5. The molecule has 84 heavy (non-hydrogen) atoms. The number of ether oxygens (including phenoxy) is 1. The highest BCUT2D eigenvalue weighted by Crippen LogP contribution is 2.43. The molecule has 474 valence electrons. The van der Waals surface area contributed by atoms with E-state index in [0.29, 0.717) is 65.6 Å². The number of unbranched alkanes of at least 4 members (excludes halogenated alkanes) is 4. The van der Waals surface area contributed by atoms with Crippen molar-refractivity contribution in [2.45, 2.75) is 230 Å². The van der Waals surface area contributed by atoms with Crippen LogP contribution in [0.4, 0.5) is 31.1 Å². The fourth-order valence-corrected chi connectivity index (χ4v) is 13.8. The van der Waals surface area contributed by atoms with E-state index in [0.717, 1.165) is 133 Å². The largest absolute Gasteiger partial charge is 0.445 e. The third-order valence-corrected chi connectivity index (χ3v) is 18.4. The minimum atomic E-state index is -4.49. The smallest absolute Gasteiger partial charge is 0.410 e. The summed E-state index contributed by atoms with van der Waals surface area (Å²) in [5.74, 6) is 1.16. The number of aliphatic hydroxyl groups is 2. The Morgan fingerprint density at radius 1 is 0.679 bits per heavy atom. The highest BCUT2D eigenvalue weighted by molar-refractivity contribution is 6.30. The van der Waals surface area contributed by atoms with Crippen molar-refractivity contribution in [2.75, 3.05) is 39.3 Å². The average molecular weight is 1230 g/mol. The molecule has 17 heteroatoms. The Morgan fingerprint density at radius 2 is 1.24 bits per heavy atom. The number of likely N-dealkylation sites (tertiary alicyclic amines) is 1. The van der Waals surface area contributed by atoms with Crippen LogP contribution in [-0.2, 0) is 27.3 Å². The lowest BCUT2D eigenvalue weighted by atomic mass is 9.74. The summed E-state index contributed by atoms with van der Waals surface area (Å²) in [4.78, 5) is 28.3. The minimum Gasteiger partial charge on any atom is -0.445 e. The van der Waals surface area contributed by atoms with Gasteiger partial charge in [0.05, 0.1) is 11.2 Å². The maximum Gasteiger partial charge on any atom is 0.410 e. The summed E-state index contributed by atoms with van der Waals surface area (Å²) < 4.78 is 82.1. The van der Waals surface area contributed by atoms with Gasteiger partial charge in [-0.1, -0.05) is 194 Å². The number of nitrogens with two attached hydrogens (primary N) is 1. The molecule has 6 atom stereocenters. The Morgan fingerprint density at radius 3 is 1.76 bits per heavy atom. The van der Waals surface area contributed by atoms with Crippen LogP contribution in [0.3, 0.4) is 0 Å². The van der Waals surface area contributed by atoms with Crippen molar-refractivity contribution in [3.8, 4) is 0 Å². The first-order chi connectivity index (χ1) is 40.1. The summed E-state index contributed by atoms with van der Waals surface area (Å²) in [5, 5.41) is 28.1. The van der Waals surface area contributed by atoms with Crippen molar-refractivity contribution < 1.29 is 50.9 Å². The molecule has 0 unspecified atom stereocenters. The molecule has 2 saturated heterocycles. The molecule has 2 aliphatic carbocycles. The van der Waals surface area contributed by atoms with Crippen LogP contribution in [0.25, 0.3) is 0 Å². The molecule has 7 rings (SSSR count). The van der Waals surface area contributed by atoms with Gasteiger partial charge >= 0.3 is 18.4 Å². The molecule has 4 aliphatic rings. The van der Waals surface area contributed by atoms with E-state index in [9.17, 15) is 46.1 Å². The van der Waals surface area contributed by atoms with Crippen LogP contribution in [0.15, 0.2) is 78.9 Å². The zero-order valence-corrected chi connectivity index (χ0v) is 51.8. The summed E-state index contributed by atoms with van der Waals surface area (Å²) in [6, 6.07) is 23.6. The third-order valence-electron chi connectivity index (χ3n) is 18.0. The number of benzene rings is 3. The molecule has 0 aromatic heterocycles. The van der Waals surface area contributed by atoms with E-state index in [-0.39, 0.29) is 43.2 Å². The number of nitrogens with one attached hydrogen (secondary N) is 1. The number of nitrogens with zero attached hydrogens (tertiary/aromatic N) is 2. The first kappa shape index (κ1) is 71.2. The number of carbonyl (C=O) groups is 2. The fraction of sp³-hybridized carbons (Fsp3) is 0.701. The number of alkyl halides is 6. The van der Waals surface area contributed by atoms with Crippen molar-refractivity contribution >= 4 is 35.2 Å². The van der Waals surface area contributed by atoms with Crippen molar-refractivity contribution in [2.24, 2.45) is 35.3 Å². The predicted molar refractivity (Wildman–Crippen MR) is 327 cm³/mol. The molecular weight excluding hydrogens is 1130 g/mol. The fourth-order valence-electron chi connectivity index (χ4n) is 13.4. The number of hydrogen-bond acceptors (Lipinski definition) is 7. The summed E-state index contributed by atoms with van der Waals surface area (Å²) >= 11 is 12.4. The third kappa shape index (κ3) is 25.6. The number of carbonyl (C=O) groups excluding carboxylic acids is 2. The van der Waals surface area contributed by atoms with Gasteiger partial charge in [-0.3, -0.25) is 9.69 Å². The zero-order chi connectivity index (χ0) is 61.0. The Kier molecular flexibility index (Phi) is 31.0. The Labute approximate surface area is 508 Å². The second kappa shape index (κ2) is 36.6. The first-order valence-corrected chi connectivity index (χ1v) is 32.7. The monoisotopic (exact) mass is 1220 g/mol. The van der Waals surface area contributed by atoms with E-state index in [1.807, 2.05) is 53.4 Å². The van der Waals surface area contributed by atoms with E-state index < -0.39 is 48.7 Å². The van der Waals surface area contributed by atoms with E-state index in [4.69, 9.17) is 33.7 Å². The van der Waals surface area contributed by atoms with Gasteiger partial charge in [-0.25, -0.2) is 4.79 Å². The maximum atomic E-state index is 13.5. The second-order valence-corrected chi connectivity index (χ2v) is 25.7.